The number of anilines is 3. The van der Waals surface area contributed by atoms with Crippen LogP contribution in [0.5, 0.6) is 11.5 Å². The van der Waals surface area contributed by atoms with Crippen LogP contribution < -0.4 is 71.9 Å². The quantitative estimate of drug-likeness (QED) is 0.0793. The van der Waals surface area contributed by atoms with Crippen LogP contribution in [0.2, 0.25) is 0 Å². The van der Waals surface area contributed by atoms with Gasteiger partial charge in [-0.05, 0) is 196 Å². The van der Waals surface area contributed by atoms with Gasteiger partial charge in [0.25, 0.3) is 0 Å². The largest absolute Gasteiger partial charge is 1.00 e. The molecule has 0 unspecified atom stereocenters. The van der Waals surface area contributed by atoms with Crippen LogP contribution in [0, 0.1) is 27.7 Å². The van der Waals surface area contributed by atoms with E-state index in [-0.39, 0.29) is 82.4 Å². The number of nitrogen functional groups attached to an aromatic ring is 1. The SMILES string of the molecule is CC(C)(C)[PH+](C(C)(C)C)C(C)(C)C.COc1ccc(Br)c(C)c1.COc1ccc(Nc2ccccc2)c(C)c1.Cc1ccccc1.Nc1ccccc1.[CH2+]C(C)(C)[PH+](C(C)(C)C)C(C)(C)C.[K+].[OH-].[Pd]. The van der Waals surface area contributed by atoms with E-state index in [1.807, 2.05) is 122 Å². The molecule has 10 heteroatoms. The summed E-state index contributed by atoms with van der Waals surface area (Å²) in [4.78, 5) is 0. The van der Waals surface area contributed by atoms with Crippen LogP contribution in [0.4, 0.5) is 17.1 Å². The molecule has 0 saturated carbocycles. The summed E-state index contributed by atoms with van der Waals surface area (Å²) in [5, 5.41) is 5.92. The van der Waals surface area contributed by atoms with Crippen molar-refractivity contribution >= 4 is 48.8 Å². The average molecular weight is 1170 g/mol. The molecule has 0 aliphatic rings. The Kier molecular flexibility index (Phi) is 36.9. The van der Waals surface area contributed by atoms with Gasteiger partial charge in [-0.25, -0.2) is 0 Å². The second kappa shape index (κ2) is 34.3. The Labute approximate surface area is 491 Å². The Morgan fingerprint density at radius 3 is 1.06 bits per heavy atom. The molecule has 384 valence electrons. The van der Waals surface area contributed by atoms with Gasteiger partial charge in [0.2, 0.25) is 0 Å². The van der Waals surface area contributed by atoms with Crippen molar-refractivity contribution in [3.63, 3.8) is 0 Å². The third kappa shape index (κ3) is 32.5. The number of methoxy groups -OCH3 is 2. The first-order chi connectivity index (χ1) is 30.0. The fourth-order valence-corrected chi connectivity index (χ4v) is 23.1. The molecule has 0 radical (unpaired) electrons. The summed E-state index contributed by atoms with van der Waals surface area (Å²) in [5.41, 5.74) is 12.1. The molecule has 4 N–H and O–H groups in total. The fraction of sp³-hybridized carbons (Fsp3) is 0.475. The van der Waals surface area contributed by atoms with Gasteiger partial charge in [0.05, 0.1) is 47.9 Å². The Balaban J connectivity index is -0.000000372. The van der Waals surface area contributed by atoms with Gasteiger partial charge in [0.15, 0.2) is 5.16 Å². The van der Waals surface area contributed by atoms with Crippen molar-refractivity contribution in [3.8, 4) is 11.5 Å². The maximum Gasteiger partial charge on any atom is 1.00 e. The molecule has 0 aliphatic heterocycles. The second-order valence-electron chi connectivity index (χ2n) is 22.7. The molecule has 0 bridgehead atoms. The van der Waals surface area contributed by atoms with Gasteiger partial charge in [-0.2, -0.15) is 0 Å². The Hall–Kier alpha value is -1.23. The van der Waals surface area contributed by atoms with E-state index < -0.39 is 15.8 Å². The number of nitrogens with one attached hydrogen (secondary N) is 1. The van der Waals surface area contributed by atoms with Crippen LogP contribution >= 0.6 is 31.8 Å². The van der Waals surface area contributed by atoms with E-state index in [1.165, 1.54) is 16.7 Å². The normalized spacial score (nSPS) is 11.1. The van der Waals surface area contributed by atoms with Crippen LogP contribution in [0.15, 0.2) is 132 Å². The standard InChI is InChI=1S/C14H15NO.C12H27P.C12H26P.C8H9BrO.C7H8.C6H7N.K.H2O.Pd/c1-11-10-13(16-2)8-9-14(11)15-12-6-4-3-5-7-12;2*1-10(2,3)13(11(4,5)6)12(7,8)9;1-6-5-7(10-2)3-4-8(6)9;1-7-5-3-2-4-6-7;7-6-4-2-1-3-5-6;;;/h3-10,15H,1-2H3;1-9H3;1H2,2-9H3;3-5H,1-2H3;2-6H,1H3;1-5H,7H2;;1H2;/q;;+1;;;;+1;;/p+1. The third-order valence-corrected chi connectivity index (χ3v) is 19.8. The van der Waals surface area contributed by atoms with Crippen LogP contribution in [0.3, 0.4) is 0 Å². The summed E-state index contributed by atoms with van der Waals surface area (Å²) in [6.45, 7) is 50.9. The summed E-state index contributed by atoms with van der Waals surface area (Å²) in [7, 11) is 2.46. The molecule has 0 aliphatic carbocycles. The summed E-state index contributed by atoms with van der Waals surface area (Å²) >= 11 is 3.40. The molecule has 0 spiro atoms. The molecule has 0 amide bonds. The number of hydrogen-bond acceptors (Lipinski definition) is 5. The van der Waals surface area contributed by atoms with Crippen molar-refractivity contribution in [2.75, 3.05) is 25.3 Å². The predicted molar refractivity (Wildman–Crippen MR) is 312 cm³/mol. The van der Waals surface area contributed by atoms with E-state index in [0.717, 1.165) is 33.0 Å². The monoisotopic (exact) mass is 1170 g/mol. The molecule has 0 fully saturated rings. The van der Waals surface area contributed by atoms with E-state index in [1.54, 1.807) is 14.2 Å². The van der Waals surface area contributed by atoms with Crippen molar-refractivity contribution < 1.29 is 86.8 Å². The van der Waals surface area contributed by atoms with E-state index >= 15 is 0 Å². The summed E-state index contributed by atoms with van der Waals surface area (Å²) < 4.78 is 11.3. The molecule has 0 atom stereocenters. The minimum absolute atomic E-state index is 0. The minimum atomic E-state index is -0.502. The maximum atomic E-state index is 5.36. The summed E-state index contributed by atoms with van der Waals surface area (Å²) in [6.07, 6.45) is 0. The summed E-state index contributed by atoms with van der Waals surface area (Å²) in [6, 6.07) is 41.8. The number of ether oxygens (including phenoxy) is 2. The average Bonchev–Trinajstić information content (AvgIpc) is 3.15. The zero-order chi connectivity index (χ0) is 51.3. The number of aryl methyl sites for hydroxylation is 3. The first kappa shape index (κ1) is 74.3. The van der Waals surface area contributed by atoms with Crippen molar-refractivity contribution in [2.24, 2.45) is 0 Å². The number of halogens is 1. The van der Waals surface area contributed by atoms with Crippen LogP contribution in [-0.2, 0) is 20.4 Å². The first-order valence-electron chi connectivity index (χ1n) is 23.3. The van der Waals surface area contributed by atoms with Gasteiger partial charge in [-0.1, -0.05) is 88.2 Å². The molecule has 0 saturated heterocycles. The second-order valence-corrected chi connectivity index (χ2v) is 33.9. The van der Waals surface area contributed by atoms with Crippen LogP contribution in [0.1, 0.15) is 134 Å². The van der Waals surface area contributed by atoms with Crippen molar-refractivity contribution in [2.45, 2.75) is 169 Å². The molecule has 69 heavy (non-hydrogen) atoms. The zero-order valence-electron chi connectivity index (χ0n) is 47.4. The molecular formula is C59H95BrKN2O3P2Pd+3. The number of rotatable bonds is 5. The third-order valence-electron chi connectivity index (χ3n) is 10.0. The molecule has 5 aromatic carbocycles. The first-order valence-corrected chi connectivity index (χ1v) is 27.1. The van der Waals surface area contributed by atoms with E-state index in [4.69, 9.17) is 15.2 Å². The topological polar surface area (TPSA) is 86.5 Å². The molecule has 0 heterocycles. The molecule has 5 aromatic rings. The van der Waals surface area contributed by atoms with E-state index in [9.17, 15) is 0 Å². The Morgan fingerprint density at radius 1 is 0.493 bits per heavy atom. The Bertz CT molecular complexity index is 1920. The van der Waals surface area contributed by atoms with Gasteiger partial charge >= 0.3 is 51.4 Å². The fourth-order valence-electron chi connectivity index (χ4n) is 9.84. The number of hydrogen-bond donors (Lipinski definition) is 2. The van der Waals surface area contributed by atoms with Crippen molar-refractivity contribution in [1.82, 2.24) is 0 Å². The van der Waals surface area contributed by atoms with E-state index in [0.29, 0.717) is 25.8 Å². The van der Waals surface area contributed by atoms with Gasteiger partial charge in [-0.15, -0.1) is 0 Å². The van der Waals surface area contributed by atoms with Crippen molar-refractivity contribution in [1.29, 1.82) is 0 Å². The molecule has 5 rings (SSSR count). The minimum Gasteiger partial charge on any atom is -0.870 e. The molecule has 5 nitrogen and oxygen atoms in total. The Morgan fingerprint density at radius 2 is 0.826 bits per heavy atom. The van der Waals surface area contributed by atoms with Crippen LogP contribution in [-0.4, -0.2) is 50.6 Å². The van der Waals surface area contributed by atoms with Gasteiger partial charge in [-0.3, -0.25) is 0 Å². The zero-order valence-corrected chi connectivity index (χ0v) is 55.6. The van der Waals surface area contributed by atoms with Crippen LogP contribution in [0.25, 0.3) is 0 Å². The van der Waals surface area contributed by atoms with Crippen molar-refractivity contribution in [3.05, 3.63) is 155 Å². The number of benzene rings is 5. The van der Waals surface area contributed by atoms with Gasteiger partial charge in [0, 0.05) is 63.7 Å². The summed E-state index contributed by atoms with van der Waals surface area (Å²) in [5.74, 6) is 1.79. The van der Waals surface area contributed by atoms with Gasteiger partial charge in [0.1, 0.15) is 18.4 Å². The number of nitrogens with two attached hydrogens (primary N) is 1. The maximum absolute atomic E-state index is 5.36. The number of para-hydroxylation sites is 2. The van der Waals surface area contributed by atoms with Gasteiger partial charge < -0.3 is 26.0 Å². The molecule has 0 aromatic heterocycles. The molecular weight excluding hydrogens is 1070 g/mol. The smallest absolute Gasteiger partial charge is 0.870 e. The predicted octanol–water partition coefficient (Wildman–Crippen LogP) is 15.6. The van der Waals surface area contributed by atoms with E-state index in [2.05, 4.69) is 172 Å².